The fraction of sp³-hybridized carbons (Fsp3) is 0.385. The number of aryl methyl sites for hydroxylation is 3. The van der Waals surface area contributed by atoms with Gasteiger partial charge in [0.25, 0.3) is 0 Å². The molecule has 0 aliphatic heterocycles. The van der Waals surface area contributed by atoms with Gasteiger partial charge >= 0.3 is 0 Å². The predicted molar refractivity (Wildman–Crippen MR) is 67.7 cm³/mol. The first kappa shape index (κ1) is 11.8. The smallest absolute Gasteiger partial charge is 0.151 e. The van der Waals surface area contributed by atoms with Crippen LogP contribution in [0.3, 0.4) is 0 Å². The Hall–Kier alpha value is -1.68. The molecule has 90 valence electrons. The average molecular weight is 230 g/mol. The van der Waals surface area contributed by atoms with Gasteiger partial charge < -0.3 is 5.73 Å². The zero-order valence-corrected chi connectivity index (χ0v) is 10.1. The van der Waals surface area contributed by atoms with Gasteiger partial charge in [-0.2, -0.15) is 5.10 Å². The lowest BCUT2D eigenvalue weighted by atomic mass is 10.0. The van der Waals surface area contributed by atoms with Crippen molar-refractivity contribution in [1.82, 2.24) is 15.2 Å². The zero-order chi connectivity index (χ0) is 12.1. The molecule has 0 fully saturated rings. The molecule has 17 heavy (non-hydrogen) atoms. The van der Waals surface area contributed by atoms with Gasteiger partial charge in [0.05, 0.1) is 0 Å². The predicted octanol–water partition coefficient (Wildman–Crippen LogP) is 1.40. The van der Waals surface area contributed by atoms with Crippen LogP contribution in [0, 0.1) is 6.92 Å². The molecule has 2 aromatic rings. The molecular weight excluding hydrogens is 212 g/mol. The number of nitrogens with two attached hydrogens (primary N) is 1. The van der Waals surface area contributed by atoms with Gasteiger partial charge in [-0.3, -0.25) is 5.10 Å². The fourth-order valence-corrected chi connectivity index (χ4v) is 1.83. The normalized spacial score (nSPS) is 10.7. The van der Waals surface area contributed by atoms with Crippen molar-refractivity contribution in [2.24, 2.45) is 5.73 Å². The number of hydrogen-bond donors (Lipinski definition) is 2. The van der Waals surface area contributed by atoms with Crippen molar-refractivity contribution in [2.45, 2.75) is 26.2 Å². The van der Waals surface area contributed by atoms with Crippen molar-refractivity contribution in [3.8, 4) is 0 Å². The SMILES string of the molecule is Cc1ccccc1CCc1n[nH]c(CCN)n1. The van der Waals surface area contributed by atoms with Crippen molar-refractivity contribution in [1.29, 1.82) is 0 Å². The third-order valence-electron chi connectivity index (χ3n) is 2.84. The summed E-state index contributed by atoms with van der Waals surface area (Å²) in [6.07, 6.45) is 2.61. The number of H-pyrrole nitrogens is 1. The Labute approximate surface area is 101 Å². The van der Waals surface area contributed by atoms with E-state index in [1.165, 1.54) is 11.1 Å². The molecule has 4 heteroatoms. The maximum absolute atomic E-state index is 5.47. The Balaban J connectivity index is 1.95. The quantitative estimate of drug-likeness (QED) is 0.815. The van der Waals surface area contributed by atoms with E-state index in [9.17, 15) is 0 Å². The molecule has 0 amide bonds. The third-order valence-corrected chi connectivity index (χ3v) is 2.84. The van der Waals surface area contributed by atoms with Crippen LogP contribution >= 0.6 is 0 Å². The van der Waals surface area contributed by atoms with E-state index in [0.29, 0.717) is 6.54 Å². The summed E-state index contributed by atoms with van der Waals surface area (Å²) < 4.78 is 0. The molecule has 0 bridgehead atoms. The summed E-state index contributed by atoms with van der Waals surface area (Å²) in [6, 6.07) is 8.42. The molecule has 0 aliphatic carbocycles. The summed E-state index contributed by atoms with van der Waals surface area (Å²) in [4.78, 5) is 4.40. The minimum atomic E-state index is 0.604. The second-order valence-electron chi connectivity index (χ2n) is 4.16. The molecule has 1 aromatic heterocycles. The van der Waals surface area contributed by atoms with Gasteiger partial charge in [0.2, 0.25) is 0 Å². The van der Waals surface area contributed by atoms with E-state index in [0.717, 1.165) is 30.9 Å². The molecule has 1 aromatic carbocycles. The summed E-state index contributed by atoms with van der Waals surface area (Å²) in [5, 5.41) is 7.10. The molecule has 4 nitrogen and oxygen atoms in total. The van der Waals surface area contributed by atoms with E-state index >= 15 is 0 Å². The van der Waals surface area contributed by atoms with E-state index in [1.54, 1.807) is 0 Å². The maximum atomic E-state index is 5.47. The first-order valence-electron chi connectivity index (χ1n) is 5.94. The van der Waals surface area contributed by atoms with Crippen LogP contribution in [-0.2, 0) is 19.3 Å². The molecule has 0 atom stereocenters. The van der Waals surface area contributed by atoms with Crippen LogP contribution in [0.2, 0.25) is 0 Å². The van der Waals surface area contributed by atoms with Crippen LogP contribution in [0.15, 0.2) is 24.3 Å². The molecular formula is C13H18N4. The second-order valence-corrected chi connectivity index (χ2v) is 4.16. The van der Waals surface area contributed by atoms with Crippen LogP contribution in [0.25, 0.3) is 0 Å². The van der Waals surface area contributed by atoms with Crippen LogP contribution in [0.1, 0.15) is 22.8 Å². The first-order chi connectivity index (χ1) is 8.29. The largest absolute Gasteiger partial charge is 0.330 e. The number of nitrogens with zero attached hydrogens (tertiary/aromatic N) is 2. The van der Waals surface area contributed by atoms with Gasteiger partial charge in [-0.05, 0) is 31.0 Å². The first-order valence-corrected chi connectivity index (χ1v) is 5.94. The standard InChI is InChI=1S/C13H18N4/c1-10-4-2-3-5-11(10)6-7-12-15-13(8-9-14)17-16-12/h2-5H,6-9,14H2,1H3,(H,15,16,17). The lowest BCUT2D eigenvalue weighted by Gasteiger charge is -2.02. The van der Waals surface area contributed by atoms with Gasteiger partial charge in [-0.15, -0.1) is 0 Å². The number of benzene rings is 1. The Kier molecular flexibility index (Phi) is 3.88. The Bertz CT molecular complexity index is 476. The number of aromatic nitrogens is 3. The Morgan fingerprint density at radius 3 is 2.76 bits per heavy atom. The minimum Gasteiger partial charge on any atom is -0.330 e. The number of aromatic amines is 1. The van der Waals surface area contributed by atoms with Crippen LogP contribution in [-0.4, -0.2) is 21.7 Å². The second kappa shape index (κ2) is 5.59. The topological polar surface area (TPSA) is 67.6 Å². The Morgan fingerprint density at radius 2 is 2.00 bits per heavy atom. The highest BCUT2D eigenvalue weighted by Gasteiger charge is 2.04. The summed E-state index contributed by atoms with van der Waals surface area (Å²) in [7, 11) is 0. The third kappa shape index (κ3) is 3.14. The summed E-state index contributed by atoms with van der Waals surface area (Å²) >= 11 is 0. The molecule has 0 spiro atoms. The van der Waals surface area contributed by atoms with Crippen LogP contribution in [0.4, 0.5) is 0 Å². The Morgan fingerprint density at radius 1 is 1.18 bits per heavy atom. The summed E-state index contributed by atoms with van der Waals surface area (Å²) in [5.41, 5.74) is 8.15. The van der Waals surface area contributed by atoms with Gasteiger partial charge in [0, 0.05) is 12.8 Å². The monoisotopic (exact) mass is 230 g/mol. The molecule has 0 saturated carbocycles. The van der Waals surface area contributed by atoms with Crippen molar-refractivity contribution in [3.05, 3.63) is 47.0 Å². The van der Waals surface area contributed by atoms with Gasteiger partial charge in [-0.1, -0.05) is 24.3 Å². The van der Waals surface area contributed by atoms with E-state index in [4.69, 9.17) is 5.73 Å². The number of hydrogen-bond acceptors (Lipinski definition) is 3. The van der Waals surface area contributed by atoms with Crippen molar-refractivity contribution < 1.29 is 0 Å². The van der Waals surface area contributed by atoms with Gasteiger partial charge in [0.15, 0.2) is 5.82 Å². The van der Waals surface area contributed by atoms with Crippen LogP contribution in [0.5, 0.6) is 0 Å². The zero-order valence-electron chi connectivity index (χ0n) is 10.1. The highest BCUT2D eigenvalue weighted by molar-refractivity contribution is 5.25. The van der Waals surface area contributed by atoms with E-state index in [-0.39, 0.29) is 0 Å². The van der Waals surface area contributed by atoms with E-state index < -0.39 is 0 Å². The molecule has 0 aliphatic rings. The van der Waals surface area contributed by atoms with Crippen molar-refractivity contribution >= 4 is 0 Å². The molecule has 0 unspecified atom stereocenters. The molecule has 2 rings (SSSR count). The van der Waals surface area contributed by atoms with Crippen molar-refractivity contribution in [3.63, 3.8) is 0 Å². The lowest BCUT2D eigenvalue weighted by Crippen LogP contribution is -2.04. The summed E-state index contributed by atoms with van der Waals surface area (Å²) in [6.45, 7) is 2.74. The van der Waals surface area contributed by atoms with Crippen molar-refractivity contribution in [2.75, 3.05) is 6.54 Å². The summed E-state index contributed by atoms with van der Waals surface area (Å²) in [5.74, 6) is 1.75. The molecule has 3 N–H and O–H groups in total. The van der Waals surface area contributed by atoms with Gasteiger partial charge in [0.1, 0.15) is 5.82 Å². The molecule has 1 heterocycles. The maximum Gasteiger partial charge on any atom is 0.151 e. The van der Waals surface area contributed by atoms with E-state index in [2.05, 4.69) is 46.4 Å². The van der Waals surface area contributed by atoms with Gasteiger partial charge in [-0.25, -0.2) is 4.98 Å². The fourth-order valence-electron chi connectivity index (χ4n) is 1.83. The highest BCUT2D eigenvalue weighted by atomic mass is 15.2. The van der Waals surface area contributed by atoms with E-state index in [1.807, 2.05) is 0 Å². The number of rotatable bonds is 5. The number of nitrogens with one attached hydrogen (secondary N) is 1. The highest BCUT2D eigenvalue weighted by Crippen LogP contribution is 2.09. The average Bonchev–Trinajstić information content (AvgIpc) is 2.76. The minimum absolute atomic E-state index is 0.604. The van der Waals surface area contributed by atoms with Crippen LogP contribution < -0.4 is 5.73 Å². The molecule has 0 radical (unpaired) electrons. The lowest BCUT2D eigenvalue weighted by molar-refractivity contribution is 0.860. The molecule has 0 saturated heterocycles.